The number of ether oxygens (including phenoxy) is 1. The van der Waals surface area contributed by atoms with Gasteiger partial charge in [-0.3, -0.25) is 9.69 Å². The van der Waals surface area contributed by atoms with Crippen molar-refractivity contribution in [1.82, 2.24) is 19.6 Å². The quantitative estimate of drug-likeness (QED) is 0.468. The van der Waals surface area contributed by atoms with E-state index in [1.165, 1.54) is 10.5 Å². The van der Waals surface area contributed by atoms with Crippen molar-refractivity contribution in [3.63, 3.8) is 0 Å². The van der Waals surface area contributed by atoms with Crippen LogP contribution in [-0.4, -0.2) is 103 Å². The van der Waals surface area contributed by atoms with E-state index in [-0.39, 0.29) is 30.0 Å². The minimum absolute atomic E-state index is 0.0334. The van der Waals surface area contributed by atoms with Gasteiger partial charge in [-0.1, -0.05) is 18.2 Å². The number of hydrogen-bond donors (Lipinski definition) is 1. The second-order valence-electron chi connectivity index (χ2n) is 12.3. The number of carbonyl (C=O) groups excluding carboxylic acids is 2. The Kier molecular flexibility index (Phi) is 10.6. The van der Waals surface area contributed by atoms with Crippen LogP contribution in [0.4, 0.5) is 15.3 Å². The first-order chi connectivity index (χ1) is 20.4. The first kappa shape index (κ1) is 32.1. The maximum atomic E-state index is 13.4. The van der Waals surface area contributed by atoms with Crippen molar-refractivity contribution in [2.75, 3.05) is 52.7 Å². The molecule has 1 saturated heterocycles. The number of nitrogens with zero attached hydrogens (tertiary/aromatic N) is 5. The van der Waals surface area contributed by atoms with Crippen LogP contribution in [0.25, 0.3) is 0 Å². The summed E-state index contributed by atoms with van der Waals surface area (Å²) in [5.74, 6) is 0.901. The molecule has 0 radical (unpaired) electrons. The number of amides is 4. The van der Waals surface area contributed by atoms with Crippen LogP contribution in [0.15, 0.2) is 42.5 Å². The molecule has 234 valence electrons. The minimum Gasteiger partial charge on any atom is -0.490 e. The fourth-order valence-corrected chi connectivity index (χ4v) is 6.19. The van der Waals surface area contributed by atoms with E-state index in [1.807, 2.05) is 44.3 Å². The molecule has 2 aromatic rings. The van der Waals surface area contributed by atoms with Crippen molar-refractivity contribution >= 4 is 23.7 Å². The lowest BCUT2D eigenvalue weighted by Crippen LogP contribution is -2.53. The van der Waals surface area contributed by atoms with Gasteiger partial charge in [0.2, 0.25) is 5.91 Å². The Labute approximate surface area is 255 Å². The van der Waals surface area contributed by atoms with Gasteiger partial charge in [0.1, 0.15) is 5.75 Å². The first-order valence-electron chi connectivity index (χ1n) is 15.2. The molecule has 1 atom stereocenters. The number of benzene rings is 2. The predicted octanol–water partition coefficient (Wildman–Crippen LogP) is 4.89. The van der Waals surface area contributed by atoms with Crippen LogP contribution in [0, 0.1) is 12.8 Å². The van der Waals surface area contributed by atoms with E-state index >= 15 is 0 Å². The molecule has 1 aliphatic heterocycles. The summed E-state index contributed by atoms with van der Waals surface area (Å²) in [5, 5.41) is 9.34. The molecule has 10 nitrogen and oxygen atoms in total. The average molecular weight is 594 g/mol. The molecule has 0 bridgehead atoms. The Morgan fingerprint density at radius 3 is 2.33 bits per heavy atom. The molecule has 2 aromatic carbocycles. The van der Waals surface area contributed by atoms with Gasteiger partial charge in [0.15, 0.2) is 0 Å². The highest BCUT2D eigenvalue weighted by Gasteiger charge is 2.30. The van der Waals surface area contributed by atoms with E-state index in [0.717, 1.165) is 54.8 Å². The maximum absolute atomic E-state index is 13.4. The second-order valence-corrected chi connectivity index (χ2v) is 12.3. The number of carbonyl (C=O) groups is 3. The van der Waals surface area contributed by atoms with E-state index in [4.69, 9.17) is 4.74 Å². The van der Waals surface area contributed by atoms with Gasteiger partial charge in [-0.2, -0.15) is 0 Å². The van der Waals surface area contributed by atoms with Crippen LogP contribution >= 0.6 is 0 Å². The Balaban J connectivity index is 1.27. The summed E-state index contributed by atoms with van der Waals surface area (Å²) in [6, 6.07) is 14.0. The Hall–Kier alpha value is -3.79. The molecule has 0 unspecified atom stereocenters. The predicted molar refractivity (Wildman–Crippen MR) is 167 cm³/mol. The fourth-order valence-electron chi connectivity index (χ4n) is 6.19. The van der Waals surface area contributed by atoms with Crippen molar-refractivity contribution in [2.24, 2.45) is 5.92 Å². The van der Waals surface area contributed by atoms with Crippen LogP contribution in [0.1, 0.15) is 49.3 Å². The number of urea groups is 1. The zero-order valence-corrected chi connectivity index (χ0v) is 26.5. The van der Waals surface area contributed by atoms with Gasteiger partial charge in [0, 0.05) is 78.6 Å². The first-order valence-corrected chi connectivity index (χ1v) is 15.2. The number of piperazine rings is 1. The molecule has 0 aromatic heterocycles. The van der Waals surface area contributed by atoms with Crippen molar-refractivity contribution in [3.05, 3.63) is 59.2 Å². The number of rotatable bonds is 8. The number of hydrogen-bond acceptors (Lipinski definition) is 5. The molecule has 1 heterocycles. The lowest BCUT2D eigenvalue weighted by Gasteiger charge is -2.38. The van der Waals surface area contributed by atoms with E-state index in [1.54, 1.807) is 35.8 Å². The van der Waals surface area contributed by atoms with Gasteiger partial charge in [0.05, 0.1) is 6.10 Å². The van der Waals surface area contributed by atoms with Gasteiger partial charge in [-0.25, -0.2) is 9.59 Å². The third-order valence-corrected chi connectivity index (χ3v) is 8.75. The zero-order chi connectivity index (χ0) is 31.3. The number of carboxylic acid groups (broad SMARTS) is 1. The molecule has 10 heteroatoms. The topological polar surface area (TPSA) is 96.9 Å². The summed E-state index contributed by atoms with van der Waals surface area (Å²) in [7, 11) is 7.13. The highest BCUT2D eigenvalue weighted by atomic mass is 16.5. The molecule has 4 amide bonds. The summed E-state index contributed by atoms with van der Waals surface area (Å²) in [5.41, 5.74) is 4.22. The minimum atomic E-state index is -0.856. The van der Waals surface area contributed by atoms with E-state index in [2.05, 4.69) is 24.0 Å². The van der Waals surface area contributed by atoms with E-state index < -0.39 is 6.09 Å². The average Bonchev–Trinajstić information content (AvgIpc) is 2.97. The molecule has 43 heavy (non-hydrogen) atoms. The monoisotopic (exact) mass is 593 g/mol. The summed E-state index contributed by atoms with van der Waals surface area (Å²) >= 11 is 0. The SMILES string of the molecule is Cc1cc(N(C)C(=O)C2CCC(Oc3cccc(CN(C)C(=O)N(C)C)c3)CC2)ccc1CN1CCN(C(=O)O)[C@@H](C)C1. The molecule has 2 fully saturated rings. The largest absolute Gasteiger partial charge is 0.490 e. The van der Waals surface area contributed by atoms with Crippen LogP contribution in [0.3, 0.4) is 0 Å². The maximum Gasteiger partial charge on any atom is 0.407 e. The van der Waals surface area contributed by atoms with Gasteiger partial charge in [-0.05, 0) is 80.5 Å². The molecule has 4 rings (SSSR count). The molecule has 1 aliphatic carbocycles. The van der Waals surface area contributed by atoms with Gasteiger partial charge < -0.3 is 29.4 Å². The number of aryl methyl sites for hydroxylation is 1. The third kappa shape index (κ3) is 8.19. The number of anilines is 1. The highest BCUT2D eigenvalue weighted by molar-refractivity contribution is 5.94. The van der Waals surface area contributed by atoms with Crippen molar-refractivity contribution in [1.29, 1.82) is 0 Å². The zero-order valence-electron chi connectivity index (χ0n) is 26.5. The van der Waals surface area contributed by atoms with Gasteiger partial charge >= 0.3 is 12.1 Å². The van der Waals surface area contributed by atoms with Crippen molar-refractivity contribution in [2.45, 2.75) is 64.8 Å². The smallest absolute Gasteiger partial charge is 0.407 e. The lowest BCUT2D eigenvalue weighted by molar-refractivity contribution is -0.123. The molecular weight excluding hydrogens is 546 g/mol. The standard InChI is InChI=1S/C33H47N5O5/c1-23-18-28(13-10-27(23)22-37-16-17-38(33(41)42)24(2)20-37)36(6)31(39)26-11-14-29(15-12-26)43-30-9-7-8-25(19-30)21-35(5)32(40)34(3)4/h7-10,13,18-19,24,26,29H,11-12,14-17,20-22H2,1-6H3,(H,41,42)/t24-,26?,29?/m0/s1. The summed E-state index contributed by atoms with van der Waals surface area (Å²) in [6.07, 6.45) is 2.41. The normalized spacial score (nSPS) is 20.8. The van der Waals surface area contributed by atoms with Crippen LogP contribution < -0.4 is 9.64 Å². The molecule has 2 aliphatic rings. The van der Waals surface area contributed by atoms with Crippen LogP contribution in [0.5, 0.6) is 5.75 Å². The Bertz CT molecular complexity index is 1290. The van der Waals surface area contributed by atoms with Crippen LogP contribution in [-0.2, 0) is 17.9 Å². The van der Waals surface area contributed by atoms with Crippen LogP contribution in [0.2, 0.25) is 0 Å². The van der Waals surface area contributed by atoms with E-state index in [0.29, 0.717) is 26.2 Å². The summed E-state index contributed by atoms with van der Waals surface area (Å²) in [4.78, 5) is 45.8. The van der Waals surface area contributed by atoms with Gasteiger partial charge in [-0.15, -0.1) is 0 Å². The molecular formula is C33H47N5O5. The molecule has 1 N–H and O–H groups in total. The fraction of sp³-hybridized carbons (Fsp3) is 0.545. The Morgan fingerprint density at radius 2 is 1.70 bits per heavy atom. The molecule has 1 saturated carbocycles. The van der Waals surface area contributed by atoms with Crippen molar-refractivity contribution in [3.8, 4) is 5.75 Å². The van der Waals surface area contributed by atoms with E-state index in [9.17, 15) is 19.5 Å². The third-order valence-electron chi connectivity index (χ3n) is 8.75. The highest BCUT2D eigenvalue weighted by Crippen LogP contribution is 2.31. The molecule has 0 spiro atoms. The second kappa shape index (κ2) is 14.1. The van der Waals surface area contributed by atoms with Gasteiger partial charge in [0.25, 0.3) is 0 Å². The summed E-state index contributed by atoms with van der Waals surface area (Å²) < 4.78 is 6.30. The lowest BCUT2D eigenvalue weighted by atomic mass is 9.86. The Morgan fingerprint density at radius 1 is 0.977 bits per heavy atom. The summed E-state index contributed by atoms with van der Waals surface area (Å²) in [6.45, 7) is 7.23. The van der Waals surface area contributed by atoms with Crippen molar-refractivity contribution < 1.29 is 24.2 Å².